The van der Waals surface area contributed by atoms with Crippen molar-refractivity contribution < 1.29 is 8.42 Å². The molecule has 1 saturated heterocycles. The Hall–Kier alpha value is -2.36. The van der Waals surface area contributed by atoms with E-state index in [1.54, 1.807) is 0 Å². The largest absolute Gasteiger partial charge is 0.371 e. The predicted molar refractivity (Wildman–Crippen MR) is 93.2 cm³/mol. The molecule has 1 fully saturated rings. The molecule has 6 heteroatoms. The topological polar surface area (TPSA) is 73.2 Å². The fourth-order valence-electron chi connectivity index (χ4n) is 2.89. The molecule has 1 N–H and O–H groups in total. The van der Waals surface area contributed by atoms with E-state index in [2.05, 4.69) is 21.8 Å². The minimum absolute atomic E-state index is 0.0643. The summed E-state index contributed by atoms with van der Waals surface area (Å²) < 4.78 is 27.7. The number of para-hydroxylation sites is 1. The summed E-state index contributed by atoms with van der Waals surface area (Å²) in [5.74, 6) is 0. The zero-order valence-corrected chi connectivity index (χ0v) is 14.0. The van der Waals surface area contributed by atoms with Crippen LogP contribution in [-0.4, -0.2) is 27.5 Å². The zero-order valence-electron chi connectivity index (χ0n) is 13.2. The first-order valence-corrected chi connectivity index (χ1v) is 9.39. The minimum Gasteiger partial charge on any atom is -0.371 e. The lowest BCUT2D eigenvalue weighted by Crippen LogP contribution is -2.44. The van der Waals surface area contributed by atoms with E-state index in [1.807, 2.05) is 24.3 Å². The Balaban J connectivity index is 1.61. The molecule has 0 spiro atoms. The highest BCUT2D eigenvalue weighted by molar-refractivity contribution is 7.89. The van der Waals surface area contributed by atoms with Crippen LogP contribution < -0.4 is 9.62 Å². The number of rotatable bonds is 4. The van der Waals surface area contributed by atoms with Crippen LogP contribution in [0.4, 0.5) is 5.69 Å². The Kier molecular flexibility index (Phi) is 4.84. The molecule has 0 atom stereocenters. The van der Waals surface area contributed by atoms with Crippen LogP contribution >= 0.6 is 0 Å². The third kappa shape index (κ3) is 3.75. The van der Waals surface area contributed by atoms with Gasteiger partial charge in [0.2, 0.25) is 10.0 Å². The molecule has 3 rings (SSSR count). The average molecular weight is 341 g/mol. The SMILES string of the molecule is N#Cc1ccc(S(=O)(=O)NC2CCN(c3ccccc3)CC2)cc1. The van der Waals surface area contributed by atoms with Crippen LogP contribution in [0.25, 0.3) is 0 Å². The van der Waals surface area contributed by atoms with Crippen LogP contribution in [0.2, 0.25) is 0 Å². The molecule has 1 aliphatic rings. The summed E-state index contributed by atoms with van der Waals surface area (Å²) in [6, 6.07) is 18.1. The van der Waals surface area contributed by atoms with E-state index in [0.717, 1.165) is 25.9 Å². The molecular formula is C18H19N3O2S. The summed E-state index contributed by atoms with van der Waals surface area (Å²) in [7, 11) is -3.54. The second-order valence-electron chi connectivity index (χ2n) is 5.85. The number of nitrogens with one attached hydrogen (secondary N) is 1. The number of piperidine rings is 1. The number of benzene rings is 2. The predicted octanol–water partition coefficient (Wildman–Crippen LogP) is 2.51. The maximum atomic E-state index is 12.4. The van der Waals surface area contributed by atoms with Gasteiger partial charge >= 0.3 is 0 Å². The van der Waals surface area contributed by atoms with Crippen molar-refractivity contribution in [2.24, 2.45) is 0 Å². The van der Waals surface area contributed by atoms with Gasteiger partial charge in [0, 0.05) is 24.8 Å². The Morgan fingerprint density at radius 3 is 2.21 bits per heavy atom. The van der Waals surface area contributed by atoms with Gasteiger partial charge in [-0.05, 0) is 49.2 Å². The van der Waals surface area contributed by atoms with Crippen molar-refractivity contribution in [1.29, 1.82) is 5.26 Å². The van der Waals surface area contributed by atoms with E-state index < -0.39 is 10.0 Å². The molecule has 2 aromatic carbocycles. The molecule has 0 saturated carbocycles. The summed E-state index contributed by atoms with van der Waals surface area (Å²) in [5.41, 5.74) is 1.62. The average Bonchev–Trinajstić information content (AvgIpc) is 2.63. The van der Waals surface area contributed by atoms with Gasteiger partial charge in [-0.3, -0.25) is 0 Å². The number of nitriles is 1. The van der Waals surface area contributed by atoms with Gasteiger partial charge in [0.05, 0.1) is 16.5 Å². The molecule has 24 heavy (non-hydrogen) atoms. The standard InChI is InChI=1S/C18H19N3O2S/c19-14-15-6-8-18(9-7-15)24(22,23)20-16-10-12-21(13-11-16)17-4-2-1-3-5-17/h1-9,16,20H,10-13H2. The fourth-order valence-corrected chi connectivity index (χ4v) is 4.20. The molecule has 1 aliphatic heterocycles. The highest BCUT2D eigenvalue weighted by atomic mass is 32.2. The van der Waals surface area contributed by atoms with E-state index in [9.17, 15) is 8.42 Å². The monoisotopic (exact) mass is 341 g/mol. The number of sulfonamides is 1. The minimum atomic E-state index is -3.54. The van der Waals surface area contributed by atoms with E-state index in [1.165, 1.54) is 30.0 Å². The van der Waals surface area contributed by atoms with Gasteiger partial charge in [-0.25, -0.2) is 13.1 Å². The summed E-state index contributed by atoms with van der Waals surface area (Å²) >= 11 is 0. The van der Waals surface area contributed by atoms with Crippen LogP contribution in [0, 0.1) is 11.3 Å². The van der Waals surface area contributed by atoms with Crippen LogP contribution in [0.15, 0.2) is 59.5 Å². The molecule has 0 aromatic heterocycles. The highest BCUT2D eigenvalue weighted by Crippen LogP contribution is 2.21. The smallest absolute Gasteiger partial charge is 0.240 e. The van der Waals surface area contributed by atoms with E-state index in [0.29, 0.717) is 5.56 Å². The molecule has 0 amide bonds. The molecule has 0 bridgehead atoms. The zero-order chi connectivity index (χ0) is 17.0. The summed E-state index contributed by atoms with van der Waals surface area (Å²) in [5, 5.41) is 8.79. The maximum absolute atomic E-state index is 12.4. The first-order valence-electron chi connectivity index (χ1n) is 7.91. The lowest BCUT2D eigenvalue weighted by Gasteiger charge is -2.33. The third-order valence-corrected chi connectivity index (χ3v) is 5.77. The fraction of sp³-hybridized carbons (Fsp3) is 0.278. The highest BCUT2D eigenvalue weighted by Gasteiger charge is 2.24. The molecule has 2 aromatic rings. The van der Waals surface area contributed by atoms with Crippen molar-refractivity contribution in [3.05, 3.63) is 60.2 Å². The lowest BCUT2D eigenvalue weighted by molar-refractivity contribution is 0.460. The maximum Gasteiger partial charge on any atom is 0.240 e. The first-order chi connectivity index (χ1) is 11.6. The normalized spacial score (nSPS) is 15.9. The van der Waals surface area contributed by atoms with E-state index in [-0.39, 0.29) is 10.9 Å². The Bertz CT molecular complexity index is 819. The summed E-state index contributed by atoms with van der Waals surface area (Å²) in [4.78, 5) is 2.47. The van der Waals surface area contributed by atoms with Crippen molar-refractivity contribution in [1.82, 2.24) is 4.72 Å². The van der Waals surface area contributed by atoms with E-state index >= 15 is 0 Å². The van der Waals surface area contributed by atoms with Crippen molar-refractivity contribution in [3.8, 4) is 6.07 Å². The van der Waals surface area contributed by atoms with Gasteiger partial charge in [-0.15, -0.1) is 0 Å². The molecule has 5 nitrogen and oxygen atoms in total. The van der Waals surface area contributed by atoms with Crippen molar-refractivity contribution in [2.45, 2.75) is 23.8 Å². The number of nitrogens with zero attached hydrogens (tertiary/aromatic N) is 2. The van der Waals surface area contributed by atoms with Gasteiger partial charge in [0.1, 0.15) is 0 Å². The van der Waals surface area contributed by atoms with Crippen molar-refractivity contribution in [3.63, 3.8) is 0 Å². The van der Waals surface area contributed by atoms with Crippen LogP contribution in [0.5, 0.6) is 0 Å². The molecule has 0 aliphatic carbocycles. The molecule has 1 heterocycles. The Morgan fingerprint density at radius 2 is 1.62 bits per heavy atom. The van der Waals surface area contributed by atoms with Crippen LogP contribution in [0.1, 0.15) is 18.4 Å². The van der Waals surface area contributed by atoms with Gasteiger partial charge in [0.15, 0.2) is 0 Å². The van der Waals surface area contributed by atoms with E-state index in [4.69, 9.17) is 5.26 Å². The Morgan fingerprint density at radius 1 is 1.00 bits per heavy atom. The first kappa shape index (κ1) is 16.5. The second-order valence-corrected chi connectivity index (χ2v) is 7.57. The molecule has 0 radical (unpaired) electrons. The van der Waals surface area contributed by atoms with Crippen LogP contribution in [-0.2, 0) is 10.0 Å². The quantitative estimate of drug-likeness (QED) is 0.927. The van der Waals surface area contributed by atoms with Gasteiger partial charge in [0.25, 0.3) is 0 Å². The number of anilines is 1. The van der Waals surface area contributed by atoms with Crippen molar-refractivity contribution >= 4 is 15.7 Å². The summed E-state index contributed by atoms with van der Waals surface area (Å²) in [6.45, 7) is 1.65. The van der Waals surface area contributed by atoms with Gasteiger partial charge < -0.3 is 4.90 Å². The lowest BCUT2D eigenvalue weighted by atomic mass is 10.1. The van der Waals surface area contributed by atoms with Gasteiger partial charge in [-0.2, -0.15) is 5.26 Å². The number of hydrogen-bond acceptors (Lipinski definition) is 4. The van der Waals surface area contributed by atoms with Crippen LogP contribution in [0.3, 0.4) is 0 Å². The molecular weight excluding hydrogens is 322 g/mol. The molecule has 124 valence electrons. The molecule has 0 unspecified atom stereocenters. The van der Waals surface area contributed by atoms with Crippen molar-refractivity contribution in [2.75, 3.05) is 18.0 Å². The Labute approximate surface area is 142 Å². The summed E-state index contributed by atoms with van der Waals surface area (Å²) in [6.07, 6.45) is 1.54. The third-order valence-electron chi connectivity index (χ3n) is 4.23. The second kappa shape index (κ2) is 7.04. The van der Waals surface area contributed by atoms with Gasteiger partial charge in [-0.1, -0.05) is 18.2 Å². The number of hydrogen-bond donors (Lipinski definition) is 1.